The number of likely N-dealkylation sites (tertiary alicyclic amines) is 1. The summed E-state index contributed by atoms with van der Waals surface area (Å²) in [6, 6.07) is 2.08. The molecule has 3 unspecified atom stereocenters. The highest BCUT2D eigenvalue weighted by molar-refractivity contribution is 6.00. The molecule has 4 fully saturated rings. The van der Waals surface area contributed by atoms with Crippen molar-refractivity contribution in [1.82, 2.24) is 60.0 Å². The lowest BCUT2D eigenvalue weighted by Gasteiger charge is -2.39. The van der Waals surface area contributed by atoms with Crippen molar-refractivity contribution in [2.24, 2.45) is 5.92 Å². The summed E-state index contributed by atoms with van der Waals surface area (Å²) in [6.07, 6.45) is 10.1. The van der Waals surface area contributed by atoms with Gasteiger partial charge in [0.25, 0.3) is 11.8 Å². The minimum absolute atomic E-state index is 0.137. The molecule has 20 nitrogen and oxygen atoms in total. The Labute approximate surface area is 368 Å². The molecule has 0 spiro atoms. The lowest BCUT2D eigenvalue weighted by molar-refractivity contribution is -0.131. The summed E-state index contributed by atoms with van der Waals surface area (Å²) in [4.78, 5) is 74.2. The van der Waals surface area contributed by atoms with E-state index < -0.39 is 47.8 Å². The molecule has 4 bridgehead atoms. The lowest BCUT2D eigenvalue weighted by atomic mass is 9.82. The van der Waals surface area contributed by atoms with Gasteiger partial charge in [0.15, 0.2) is 22.9 Å². The monoisotopic (exact) mass is 888 g/mol. The predicted octanol–water partition coefficient (Wildman–Crippen LogP) is 2.72. The minimum Gasteiger partial charge on any atom is -0.470 e. The summed E-state index contributed by atoms with van der Waals surface area (Å²) >= 11 is 0. The van der Waals surface area contributed by atoms with Crippen molar-refractivity contribution in [2.75, 3.05) is 43.0 Å². The second-order valence-electron chi connectivity index (χ2n) is 17.4. The van der Waals surface area contributed by atoms with Gasteiger partial charge in [0.1, 0.15) is 28.9 Å². The van der Waals surface area contributed by atoms with E-state index in [4.69, 9.17) is 24.4 Å². The van der Waals surface area contributed by atoms with Crippen LogP contribution in [0.15, 0.2) is 55.4 Å². The van der Waals surface area contributed by atoms with Crippen molar-refractivity contribution in [1.29, 1.82) is 0 Å². The zero-order chi connectivity index (χ0) is 44.1. The molecule has 6 aromatic rings. The molecule has 6 aromatic heterocycles. The average molecular weight is 889 g/mol. The Morgan fingerprint density at radius 2 is 1.52 bits per heavy atom. The summed E-state index contributed by atoms with van der Waals surface area (Å²) in [5.41, 5.74) is 3.45. The summed E-state index contributed by atoms with van der Waals surface area (Å²) in [5.74, 6) is -1.30. The quantitative estimate of drug-likeness (QED) is 0.217. The van der Waals surface area contributed by atoms with E-state index >= 15 is 8.78 Å². The molecule has 6 aliphatic heterocycles. The van der Waals surface area contributed by atoms with E-state index in [0.717, 1.165) is 6.20 Å². The summed E-state index contributed by atoms with van der Waals surface area (Å²) in [7, 11) is 0. The van der Waals surface area contributed by atoms with E-state index in [1.807, 2.05) is 0 Å². The molecule has 65 heavy (non-hydrogen) atoms. The van der Waals surface area contributed by atoms with E-state index in [1.54, 1.807) is 38.0 Å². The molecule has 22 heteroatoms. The number of carbonyl (C=O) groups is 3. The number of aromatic nitrogens is 8. The van der Waals surface area contributed by atoms with Crippen molar-refractivity contribution in [2.45, 2.75) is 75.3 Å². The van der Waals surface area contributed by atoms with Gasteiger partial charge in [0.2, 0.25) is 11.8 Å². The number of hydroxylamine groups is 2. The van der Waals surface area contributed by atoms with Crippen LogP contribution in [0.3, 0.4) is 0 Å². The fourth-order valence-corrected chi connectivity index (χ4v) is 10.3. The first-order chi connectivity index (χ1) is 31.6. The first-order valence-corrected chi connectivity index (χ1v) is 21.8. The SMILES string of the molecule is CC(=O)N1CC[C@H]2NC(=O)c3cnn4cc(C5C[C@H]6NC(=O)c7cnn8ccc(nc78)N7OCCC7c7cc(F)cnc7C[C@H]6CN5)c(nc34)N3OCCC3c3cc(F)cnc3O[C@H]2C1. The Balaban J connectivity index is 0.956. The van der Waals surface area contributed by atoms with Crippen LogP contribution in [0.25, 0.3) is 11.3 Å². The van der Waals surface area contributed by atoms with E-state index in [0.29, 0.717) is 91.5 Å². The maximum absolute atomic E-state index is 15.3. The third-order valence-corrected chi connectivity index (χ3v) is 13.5. The van der Waals surface area contributed by atoms with Gasteiger partial charge >= 0.3 is 0 Å². The van der Waals surface area contributed by atoms with Gasteiger partial charge in [-0.15, -0.1) is 0 Å². The molecule has 4 saturated heterocycles. The largest absolute Gasteiger partial charge is 0.470 e. The number of hydrogen-bond donors (Lipinski definition) is 3. The highest BCUT2D eigenvalue weighted by atomic mass is 19.1. The van der Waals surface area contributed by atoms with Gasteiger partial charge in [0.05, 0.1) is 62.7 Å². The van der Waals surface area contributed by atoms with Crippen LogP contribution in [0.5, 0.6) is 5.88 Å². The second kappa shape index (κ2) is 15.4. The standard InChI is InChI=1S/C43H42F2N14O6/c1-21(60)55-6-2-30-36(20-55)65-43-26(12-24(45)16-48-43)35-5-9-64-59(35)40-29(19-57-39(54-40)28(18-50-57)41(61)51-30)33-13-31-22(14-46-33)10-32-25(11-23(44)15-47-32)34-4-8-63-58(34)37-3-7-56-38(53-37)27(17-49-56)42(62)52-31/h3,7,11-12,15-19,22,30-31,33-36,46H,2,4-6,8-10,13-14,20H2,1H3,(H,51,61)(H,52,62)/t22-,30+,31+,33?,34?,35?,36-/m0/s1. The van der Waals surface area contributed by atoms with Gasteiger partial charge in [-0.25, -0.2) is 42.9 Å². The van der Waals surface area contributed by atoms with Crippen LogP contribution in [-0.4, -0.2) is 113 Å². The molecular formula is C43H42F2N14O6. The van der Waals surface area contributed by atoms with Crippen molar-refractivity contribution in [3.63, 3.8) is 0 Å². The molecule has 3 amide bonds. The number of rotatable bonds is 1. The number of nitrogens with zero attached hydrogens (tertiary/aromatic N) is 11. The number of amides is 3. The summed E-state index contributed by atoms with van der Waals surface area (Å²) in [6.45, 7) is 3.07. The molecular weight excluding hydrogens is 847 g/mol. The fourth-order valence-electron chi connectivity index (χ4n) is 10.3. The van der Waals surface area contributed by atoms with Crippen LogP contribution in [0.4, 0.5) is 20.4 Å². The Morgan fingerprint density at radius 3 is 2.32 bits per heavy atom. The van der Waals surface area contributed by atoms with Crippen LogP contribution in [-0.2, 0) is 20.9 Å². The van der Waals surface area contributed by atoms with Crippen LogP contribution in [0.1, 0.15) is 93.8 Å². The van der Waals surface area contributed by atoms with Crippen molar-refractivity contribution >= 4 is 40.7 Å². The summed E-state index contributed by atoms with van der Waals surface area (Å²) in [5, 5.41) is 22.4. The number of nitrogens with one attached hydrogen (secondary N) is 3. The Bertz CT molecular complexity index is 2930. The van der Waals surface area contributed by atoms with Crippen LogP contribution in [0.2, 0.25) is 0 Å². The number of anilines is 2. The molecule has 7 atom stereocenters. The maximum atomic E-state index is 15.3. The lowest BCUT2D eigenvalue weighted by Crippen LogP contribution is -2.57. The number of halogens is 2. The number of carbonyl (C=O) groups excluding carboxylic acids is 3. The zero-order valence-electron chi connectivity index (χ0n) is 34.9. The Kier molecular flexibility index (Phi) is 9.38. The molecule has 3 N–H and O–H groups in total. The topological polar surface area (TPSA) is 211 Å². The van der Waals surface area contributed by atoms with Gasteiger partial charge in [-0.05, 0) is 37.3 Å². The normalized spacial score (nSPS) is 26.4. The van der Waals surface area contributed by atoms with Crippen LogP contribution in [0, 0.1) is 17.6 Å². The Hall–Kier alpha value is -6.91. The number of hydrogen-bond acceptors (Lipinski definition) is 15. The first-order valence-electron chi connectivity index (χ1n) is 21.8. The highest BCUT2D eigenvalue weighted by Crippen LogP contribution is 2.44. The molecule has 0 aromatic carbocycles. The van der Waals surface area contributed by atoms with Gasteiger partial charge < -0.3 is 25.6 Å². The second-order valence-corrected chi connectivity index (χ2v) is 17.4. The van der Waals surface area contributed by atoms with Gasteiger partial charge in [0, 0.05) is 85.8 Å². The number of piperidine rings is 2. The molecule has 12 heterocycles. The predicted molar refractivity (Wildman–Crippen MR) is 222 cm³/mol. The third-order valence-electron chi connectivity index (χ3n) is 13.5. The van der Waals surface area contributed by atoms with Gasteiger partial charge in [-0.2, -0.15) is 10.2 Å². The average Bonchev–Trinajstić information content (AvgIpc) is 4.14. The Morgan fingerprint density at radius 1 is 0.815 bits per heavy atom. The fraction of sp³-hybridized carbons (Fsp3) is 0.419. The van der Waals surface area contributed by atoms with E-state index in [2.05, 4.69) is 36.1 Å². The van der Waals surface area contributed by atoms with Gasteiger partial charge in [-0.3, -0.25) is 29.0 Å². The zero-order valence-corrected chi connectivity index (χ0v) is 34.9. The minimum atomic E-state index is -0.711. The molecule has 12 rings (SSSR count). The van der Waals surface area contributed by atoms with Crippen molar-refractivity contribution in [3.05, 3.63) is 101 Å². The molecule has 6 aliphatic rings. The van der Waals surface area contributed by atoms with Crippen LogP contribution >= 0.6 is 0 Å². The number of fused-ring (bicyclic) bond motifs is 12. The van der Waals surface area contributed by atoms with Crippen molar-refractivity contribution < 1.29 is 37.6 Å². The third kappa shape index (κ3) is 6.76. The summed E-state index contributed by atoms with van der Waals surface area (Å²) < 4.78 is 40.0. The van der Waals surface area contributed by atoms with E-state index in [9.17, 15) is 14.4 Å². The maximum Gasteiger partial charge on any atom is 0.257 e. The molecule has 0 radical (unpaired) electrons. The first kappa shape index (κ1) is 39.7. The van der Waals surface area contributed by atoms with Crippen LogP contribution < -0.4 is 30.8 Å². The number of pyridine rings is 2. The molecule has 334 valence electrons. The highest BCUT2D eigenvalue weighted by Gasteiger charge is 2.42. The number of ether oxygens (including phenoxy) is 1. The smallest absolute Gasteiger partial charge is 0.257 e. The van der Waals surface area contributed by atoms with Gasteiger partial charge in [-0.1, -0.05) is 0 Å². The molecule has 0 saturated carbocycles. The molecule has 0 aliphatic carbocycles. The van der Waals surface area contributed by atoms with E-state index in [-0.39, 0.29) is 59.6 Å². The van der Waals surface area contributed by atoms with E-state index in [1.165, 1.54) is 42.2 Å². The van der Waals surface area contributed by atoms with Crippen molar-refractivity contribution in [3.8, 4) is 5.88 Å².